The largest absolute Gasteiger partial charge is 0.306 e. The first kappa shape index (κ1) is 25.6. The molecule has 0 saturated carbocycles. The number of likely N-dealkylation sites (tertiary alicyclic amines) is 1. The van der Waals surface area contributed by atoms with E-state index in [9.17, 15) is 10.1 Å². The van der Waals surface area contributed by atoms with E-state index in [0.717, 1.165) is 24.2 Å². The van der Waals surface area contributed by atoms with Crippen molar-refractivity contribution in [3.05, 3.63) is 53.0 Å². The molecule has 1 aliphatic rings. The van der Waals surface area contributed by atoms with Crippen LogP contribution in [0.3, 0.4) is 0 Å². The summed E-state index contributed by atoms with van der Waals surface area (Å²) < 4.78 is 0. The third-order valence-electron chi connectivity index (χ3n) is 6.56. The molecule has 182 valence electrons. The number of benzene rings is 1. The Morgan fingerprint density at radius 3 is 2.35 bits per heavy atom. The maximum absolute atomic E-state index is 13.6. The molecule has 0 spiro atoms. The van der Waals surface area contributed by atoms with Gasteiger partial charge in [0.1, 0.15) is 6.07 Å². The predicted octanol–water partition coefficient (Wildman–Crippen LogP) is 4.33. The van der Waals surface area contributed by atoms with Gasteiger partial charge in [-0.25, -0.2) is 4.98 Å². The lowest BCUT2D eigenvalue weighted by atomic mass is 9.81. The number of amides is 1. The van der Waals surface area contributed by atoms with E-state index in [1.807, 2.05) is 26.8 Å². The fourth-order valence-electron chi connectivity index (χ4n) is 4.31. The van der Waals surface area contributed by atoms with Crippen molar-refractivity contribution >= 4 is 11.7 Å². The van der Waals surface area contributed by atoms with Crippen molar-refractivity contribution in [1.29, 1.82) is 5.26 Å². The number of nitrogens with zero attached hydrogens (tertiary/aromatic N) is 5. The van der Waals surface area contributed by atoms with Crippen LogP contribution in [-0.2, 0) is 10.2 Å². The van der Waals surface area contributed by atoms with Crippen LogP contribution in [0.4, 0.5) is 5.82 Å². The van der Waals surface area contributed by atoms with E-state index in [2.05, 4.69) is 72.4 Å². The van der Waals surface area contributed by atoms with Gasteiger partial charge in [-0.2, -0.15) is 10.2 Å². The molecule has 0 unspecified atom stereocenters. The molecule has 1 saturated heterocycles. The molecular formula is C27H38N6O. The molecular weight excluding hydrogens is 424 g/mol. The number of carbonyl (C=O) groups is 1. The molecule has 0 aliphatic carbocycles. The topological polar surface area (TPSA) is 85.1 Å². The van der Waals surface area contributed by atoms with Crippen LogP contribution in [-0.4, -0.2) is 47.5 Å². The lowest BCUT2D eigenvalue weighted by molar-refractivity contribution is -0.125. The standard InChI is InChI=1S/C27H38N6O/c1-19-17-29-23(16-28)30-24(19)33(18-26(2,3)4)31-25(34)27(5,6)22-10-8-20(9-11-22)21-12-14-32(7)15-13-21/h8-11,17,21H,12-15,18H2,1-7H3,(H,31,34). The van der Waals surface area contributed by atoms with Gasteiger partial charge in [0.25, 0.3) is 0 Å². The molecule has 1 fully saturated rings. The highest BCUT2D eigenvalue weighted by molar-refractivity contribution is 5.88. The van der Waals surface area contributed by atoms with Gasteiger partial charge in [-0.1, -0.05) is 45.0 Å². The van der Waals surface area contributed by atoms with Gasteiger partial charge in [-0.05, 0) is 76.2 Å². The van der Waals surface area contributed by atoms with Gasteiger partial charge < -0.3 is 4.90 Å². The summed E-state index contributed by atoms with van der Waals surface area (Å²) in [6.07, 6.45) is 3.96. The molecule has 7 nitrogen and oxygen atoms in total. The Labute approximate surface area is 204 Å². The van der Waals surface area contributed by atoms with Crippen LogP contribution < -0.4 is 10.4 Å². The number of piperidine rings is 1. The molecule has 2 heterocycles. The fraction of sp³-hybridized carbons (Fsp3) is 0.556. The van der Waals surface area contributed by atoms with Gasteiger partial charge in [0.15, 0.2) is 5.82 Å². The van der Waals surface area contributed by atoms with Crippen molar-refractivity contribution in [2.45, 2.75) is 65.7 Å². The first-order chi connectivity index (χ1) is 15.9. The van der Waals surface area contributed by atoms with E-state index in [4.69, 9.17) is 0 Å². The fourth-order valence-corrected chi connectivity index (χ4v) is 4.31. The van der Waals surface area contributed by atoms with Crippen molar-refractivity contribution in [3.8, 4) is 6.07 Å². The summed E-state index contributed by atoms with van der Waals surface area (Å²) in [4.78, 5) is 24.4. The highest BCUT2D eigenvalue weighted by Crippen LogP contribution is 2.31. The Morgan fingerprint density at radius 2 is 1.79 bits per heavy atom. The lowest BCUT2D eigenvalue weighted by Gasteiger charge is -2.35. The van der Waals surface area contributed by atoms with Crippen molar-refractivity contribution < 1.29 is 4.79 Å². The quantitative estimate of drug-likeness (QED) is 0.643. The molecule has 1 aliphatic heterocycles. The van der Waals surface area contributed by atoms with Crippen LogP contribution in [0.15, 0.2) is 30.5 Å². The van der Waals surface area contributed by atoms with E-state index < -0.39 is 5.41 Å². The number of nitriles is 1. The third-order valence-corrected chi connectivity index (χ3v) is 6.56. The second kappa shape index (κ2) is 10.1. The van der Waals surface area contributed by atoms with Crippen LogP contribution in [0.25, 0.3) is 0 Å². The Hall–Kier alpha value is -2.98. The normalized spacial score (nSPS) is 15.6. The minimum atomic E-state index is -0.750. The zero-order valence-electron chi connectivity index (χ0n) is 21.6. The molecule has 7 heteroatoms. The molecule has 0 bridgehead atoms. The highest BCUT2D eigenvalue weighted by atomic mass is 16.2. The number of hydrogen-bond donors (Lipinski definition) is 1. The number of aromatic nitrogens is 2. The number of hydrazine groups is 1. The lowest BCUT2D eigenvalue weighted by Crippen LogP contribution is -2.52. The van der Waals surface area contributed by atoms with Crippen LogP contribution in [0.1, 0.15) is 75.9 Å². The average Bonchev–Trinajstić information content (AvgIpc) is 2.78. The van der Waals surface area contributed by atoms with E-state index in [1.165, 1.54) is 18.4 Å². The number of hydrogen-bond acceptors (Lipinski definition) is 6. The Kier molecular flexibility index (Phi) is 7.62. The zero-order chi connectivity index (χ0) is 25.1. The third kappa shape index (κ3) is 6.12. The van der Waals surface area contributed by atoms with Crippen LogP contribution in [0.5, 0.6) is 0 Å². The van der Waals surface area contributed by atoms with Crippen LogP contribution in [0, 0.1) is 23.7 Å². The number of aryl methyl sites for hydroxylation is 1. The minimum Gasteiger partial charge on any atom is -0.306 e. The summed E-state index contributed by atoms with van der Waals surface area (Å²) >= 11 is 0. The number of anilines is 1. The highest BCUT2D eigenvalue weighted by Gasteiger charge is 2.33. The SMILES string of the molecule is Cc1cnc(C#N)nc1N(CC(C)(C)C)NC(=O)C(C)(C)c1ccc(C2CCN(C)CC2)cc1. The summed E-state index contributed by atoms with van der Waals surface area (Å²) in [5.41, 5.74) is 5.34. The summed E-state index contributed by atoms with van der Waals surface area (Å²) in [6, 6.07) is 10.5. The van der Waals surface area contributed by atoms with Gasteiger partial charge in [0, 0.05) is 18.3 Å². The molecule has 1 N–H and O–H groups in total. The van der Waals surface area contributed by atoms with Gasteiger partial charge in [0.05, 0.1) is 5.41 Å². The molecule has 2 aromatic rings. The van der Waals surface area contributed by atoms with Crippen LogP contribution >= 0.6 is 0 Å². The smallest absolute Gasteiger partial charge is 0.248 e. The van der Waals surface area contributed by atoms with Crippen molar-refractivity contribution in [3.63, 3.8) is 0 Å². The molecule has 1 aromatic carbocycles. The van der Waals surface area contributed by atoms with E-state index in [1.54, 1.807) is 11.2 Å². The van der Waals surface area contributed by atoms with Gasteiger partial charge in [-0.3, -0.25) is 15.2 Å². The average molecular weight is 463 g/mol. The number of nitrogens with one attached hydrogen (secondary N) is 1. The van der Waals surface area contributed by atoms with E-state index in [-0.39, 0.29) is 17.1 Å². The molecule has 3 rings (SSSR count). The molecule has 1 aromatic heterocycles. The van der Waals surface area contributed by atoms with Crippen molar-refractivity contribution in [2.24, 2.45) is 5.41 Å². The molecule has 34 heavy (non-hydrogen) atoms. The molecule has 1 amide bonds. The van der Waals surface area contributed by atoms with Gasteiger partial charge in [-0.15, -0.1) is 0 Å². The summed E-state index contributed by atoms with van der Waals surface area (Å²) in [7, 11) is 2.17. The maximum atomic E-state index is 13.6. The monoisotopic (exact) mass is 462 g/mol. The molecule has 0 atom stereocenters. The summed E-state index contributed by atoms with van der Waals surface area (Å²) in [5, 5.41) is 11.0. The second-order valence-electron chi connectivity index (χ2n) is 11.2. The first-order valence-corrected chi connectivity index (χ1v) is 12.0. The van der Waals surface area contributed by atoms with Gasteiger partial charge in [0.2, 0.25) is 11.7 Å². The number of rotatable bonds is 6. The summed E-state index contributed by atoms with van der Waals surface area (Å²) in [6.45, 7) is 14.8. The Morgan fingerprint density at radius 1 is 1.18 bits per heavy atom. The van der Waals surface area contributed by atoms with Crippen molar-refractivity contribution in [1.82, 2.24) is 20.3 Å². The van der Waals surface area contributed by atoms with Crippen molar-refractivity contribution in [2.75, 3.05) is 31.7 Å². The number of carbonyl (C=O) groups excluding carboxylic acids is 1. The Bertz CT molecular complexity index is 1040. The zero-order valence-corrected chi connectivity index (χ0v) is 21.6. The molecule has 0 radical (unpaired) electrons. The minimum absolute atomic E-state index is 0.0810. The Balaban J connectivity index is 1.82. The maximum Gasteiger partial charge on any atom is 0.248 e. The van der Waals surface area contributed by atoms with E-state index in [0.29, 0.717) is 18.3 Å². The first-order valence-electron chi connectivity index (χ1n) is 12.0. The van der Waals surface area contributed by atoms with Crippen LogP contribution in [0.2, 0.25) is 0 Å². The van der Waals surface area contributed by atoms with Gasteiger partial charge >= 0.3 is 0 Å². The van der Waals surface area contributed by atoms with E-state index >= 15 is 0 Å². The predicted molar refractivity (Wildman–Crippen MR) is 135 cm³/mol. The summed E-state index contributed by atoms with van der Waals surface area (Å²) in [5.74, 6) is 1.08. The second-order valence-corrected chi connectivity index (χ2v) is 11.2.